The summed E-state index contributed by atoms with van der Waals surface area (Å²) in [5, 5.41) is 3.66. The lowest BCUT2D eigenvalue weighted by Gasteiger charge is -2.19. The molecule has 2 nitrogen and oxygen atoms in total. The summed E-state index contributed by atoms with van der Waals surface area (Å²) in [5.41, 5.74) is 1.31. The highest BCUT2D eigenvalue weighted by Crippen LogP contribution is 2.41. The highest BCUT2D eigenvalue weighted by atomic mass is 35.5. The van der Waals surface area contributed by atoms with Gasteiger partial charge in [-0.15, -0.1) is 0 Å². The minimum atomic E-state index is -4.68. The third-order valence-electron chi connectivity index (χ3n) is 5.87. The largest absolute Gasteiger partial charge is 0.435 e. The van der Waals surface area contributed by atoms with Gasteiger partial charge >= 0.3 is 12.4 Å². The first-order chi connectivity index (χ1) is 16.8. The van der Waals surface area contributed by atoms with Gasteiger partial charge in [-0.2, -0.15) is 31.4 Å². The number of hydrogen-bond acceptors (Lipinski definition) is 1. The first-order valence-corrected chi connectivity index (χ1v) is 11.4. The van der Waals surface area contributed by atoms with Gasteiger partial charge in [0.25, 0.3) is 0 Å². The first kappa shape index (κ1) is 26.1. The number of nitrogens with zero attached hydrogens (tertiary/aromatic N) is 2. The number of aromatic nitrogens is 2. The molecule has 1 aromatic heterocycles. The van der Waals surface area contributed by atoms with E-state index in [0.29, 0.717) is 33.7 Å². The van der Waals surface area contributed by atoms with Crippen LogP contribution in [0.4, 0.5) is 26.3 Å². The highest BCUT2D eigenvalue weighted by Gasteiger charge is 2.35. The highest BCUT2D eigenvalue weighted by molar-refractivity contribution is 6.31. The summed E-state index contributed by atoms with van der Waals surface area (Å²) in [6, 6.07) is 14.9. The zero-order valence-electron chi connectivity index (χ0n) is 18.9. The molecule has 0 N–H and O–H groups in total. The van der Waals surface area contributed by atoms with Gasteiger partial charge in [-0.3, -0.25) is 4.68 Å². The fourth-order valence-electron chi connectivity index (χ4n) is 4.17. The third-order valence-corrected chi connectivity index (χ3v) is 6.45. The number of rotatable bonds is 4. The Morgan fingerprint density at radius 2 is 1.50 bits per heavy atom. The van der Waals surface area contributed by atoms with Crippen LogP contribution in [0.5, 0.6) is 0 Å². The minimum Gasteiger partial charge on any atom is -0.267 e. The van der Waals surface area contributed by atoms with Crippen LogP contribution in [0.3, 0.4) is 0 Å². The van der Waals surface area contributed by atoms with Crippen LogP contribution in [-0.2, 0) is 25.8 Å². The van der Waals surface area contributed by atoms with Crippen molar-refractivity contribution >= 4 is 23.2 Å². The molecule has 0 saturated carbocycles. The zero-order chi connectivity index (χ0) is 26.4. The predicted octanol–water partition coefficient (Wildman–Crippen LogP) is 9.00. The van der Waals surface area contributed by atoms with Gasteiger partial charge in [0.1, 0.15) is 0 Å². The molecule has 36 heavy (non-hydrogen) atoms. The van der Waals surface area contributed by atoms with Crippen molar-refractivity contribution in [2.75, 3.05) is 0 Å². The van der Waals surface area contributed by atoms with E-state index in [-0.39, 0.29) is 11.3 Å². The molecule has 0 aliphatic rings. The average molecular weight is 543 g/mol. The fraction of sp³-hybridized carbons (Fsp3) is 0.192. The molecule has 0 aliphatic heterocycles. The van der Waals surface area contributed by atoms with Crippen molar-refractivity contribution in [3.05, 3.63) is 98.7 Å². The Morgan fingerprint density at radius 3 is 2.08 bits per heavy atom. The first-order valence-electron chi connectivity index (χ1n) is 10.6. The molecule has 188 valence electrons. The average Bonchev–Trinajstić information content (AvgIpc) is 3.17. The minimum absolute atomic E-state index is 0.184. The summed E-state index contributed by atoms with van der Waals surface area (Å²) < 4.78 is 81.8. The topological polar surface area (TPSA) is 17.8 Å². The Bertz CT molecular complexity index is 1420. The van der Waals surface area contributed by atoms with Gasteiger partial charge in [-0.1, -0.05) is 53.5 Å². The summed E-state index contributed by atoms with van der Waals surface area (Å²) in [5.74, 6) is 0. The molecule has 10 heteroatoms. The number of benzene rings is 3. The quantitative estimate of drug-likeness (QED) is 0.235. The molecule has 0 bridgehead atoms. The summed E-state index contributed by atoms with van der Waals surface area (Å²) >= 11 is 11.8. The van der Waals surface area contributed by atoms with E-state index in [4.69, 9.17) is 23.2 Å². The van der Waals surface area contributed by atoms with E-state index < -0.39 is 28.6 Å². The van der Waals surface area contributed by atoms with Crippen LogP contribution in [0.25, 0.3) is 22.4 Å². The maximum absolute atomic E-state index is 13.6. The Morgan fingerprint density at radius 1 is 0.833 bits per heavy atom. The maximum atomic E-state index is 13.6. The van der Waals surface area contributed by atoms with E-state index in [1.165, 1.54) is 19.2 Å². The molecule has 0 atom stereocenters. The fourth-order valence-corrected chi connectivity index (χ4v) is 4.52. The van der Waals surface area contributed by atoms with Gasteiger partial charge in [0.15, 0.2) is 5.69 Å². The number of hydrogen-bond donors (Lipinski definition) is 0. The van der Waals surface area contributed by atoms with E-state index in [0.717, 1.165) is 22.4 Å². The summed E-state index contributed by atoms with van der Waals surface area (Å²) in [4.78, 5) is 0. The molecule has 4 rings (SSSR count). The van der Waals surface area contributed by atoms with Crippen LogP contribution in [0.1, 0.15) is 27.9 Å². The van der Waals surface area contributed by atoms with Crippen LogP contribution in [0.2, 0.25) is 10.0 Å². The van der Waals surface area contributed by atoms with Gasteiger partial charge in [-0.25, -0.2) is 0 Å². The van der Waals surface area contributed by atoms with Crippen molar-refractivity contribution in [3.8, 4) is 22.4 Å². The lowest BCUT2D eigenvalue weighted by molar-refractivity contribution is -0.141. The number of aryl methyl sites for hydroxylation is 1. The Balaban J connectivity index is 1.94. The summed E-state index contributed by atoms with van der Waals surface area (Å²) in [6.07, 6.45) is -8.96. The molecule has 4 aromatic rings. The second-order valence-electron chi connectivity index (χ2n) is 8.30. The van der Waals surface area contributed by atoms with E-state index in [9.17, 15) is 26.3 Å². The summed E-state index contributed by atoms with van der Waals surface area (Å²) in [6.45, 7) is 1.66. The van der Waals surface area contributed by atoms with Crippen molar-refractivity contribution in [2.45, 2.75) is 25.7 Å². The van der Waals surface area contributed by atoms with Gasteiger partial charge < -0.3 is 0 Å². The second kappa shape index (κ2) is 9.48. The van der Waals surface area contributed by atoms with Crippen molar-refractivity contribution in [2.24, 2.45) is 7.05 Å². The van der Waals surface area contributed by atoms with Crippen LogP contribution in [0.15, 0.2) is 60.7 Å². The van der Waals surface area contributed by atoms with Crippen LogP contribution in [0, 0.1) is 6.92 Å². The molecule has 0 radical (unpaired) electrons. The number of halogens is 8. The standard InChI is InChI=1S/C26H18Cl2F6N2/c1-14-19(22-13-23(26(32,33)34)35-36(22)2)9-5-16(11-15-3-7-18(27)8-4-15)24(14)17-6-10-21(28)20(12-17)25(29,30)31/h3-10,12-13H,11H2,1-2H3. The molecule has 0 fully saturated rings. The smallest absolute Gasteiger partial charge is 0.267 e. The van der Waals surface area contributed by atoms with Gasteiger partial charge in [-0.05, 0) is 71.5 Å². The van der Waals surface area contributed by atoms with Gasteiger partial charge in [0.2, 0.25) is 0 Å². The van der Waals surface area contributed by atoms with Crippen molar-refractivity contribution in [1.82, 2.24) is 9.78 Å². The maximum Gasteiger partial charge on any atom is 0.435 e. The molecule has 0 aliphatic carbocycles. The van der Waals surface area contributed by atoms with Crippen LogP contribution < -0.4 is 0 Å². The normalized spacial score (nSPS) is 12.3. The zero-order valence-corrected chi connectivity index (χ0v) is 20.4. The SMILES string of the molecule is Cc1c(-c2cc(C(F)(F)F)nn2C)ccc(Cc2ccc(Cl)cc2)c1-c1ccc(Cl)c(C(F)(F)F)c1. The van der Waals surface area contributed by atoms with E-state index in [2.05, 4.69) is 5.10 Å². The Kier molecular flexibility index (Phi) is 6.88. The van der Waals surface area contributed by atoms with E-state index >= 15 is 0 Å². The number of alkyl halides is 6. The van der Waals surface area contributed by atoms with Crippen molar-refractivity contribution in [3.63, 3.8) is 0 Å². The molecule has 0 spiro atoms. The molecular formula is C26H18Cl2F6N2. The molecule has 0 amide bonds. The molecule has 1 heterocycles. The van der Waals surface area contributed by atoms with E-state index in [1.807, 2.05) is 0 Å². The lowest BCUT2D eigenvalue weighted by atomic mass is 9.87. The van der Waals surface area contributed by atoms with Crippen LogP contribution >= 0.6 is 23.2 Å². The molecule has 0 saturated heterocycles. The van der Waals surface area contributed by atoms with Crippen molar-refractivity contribution < 1.29 is 26.3 Å². The van der Waals surface area contributed by atoms with Crippen LogP contribution in [-0.4, -0.2) is 9.78 Å². The van der Waals surface area contributed by atoms with Gasteiger partial charge in [0.05, 0.1) is 16.3 Å². The Hall–Kier alpha value is -2.97. The third kappa shape index (κ3) is 5.25. The molecular weight excluding hydrogens is 525 g/mol. The van der Waals surface area contributed by atoms with Crippen molar-refractivity contribution in [1.29, 1.82) is 0 Å². The monoisotopic (exact) mass is 542 g/mol. The summed E-state index contributed by atoms with van der Waals surface area (Å²) in [7, 11) is 1.38. The predicted molar refractivity (Wildman–Crippen MR) is 128 cm³/mol. The van der Waals surface area contributed by atoms with Gasteiger partial charge in [0, 0.05) is 17.6 Å². The Labute approximate surface area is 213 Å². The molecule has 3 aromatic carbocycles. The lowest BCUT2D eigenvalue weighted by Crippen LogP contribution is -2.07. The molecule has 0 unspecified atom stereocenters. The van der Waals surface area contributed by atoms with E-state index in [1.54, 1.807) is 43.3 Å². The second-order valence-corrected chi connectivity index (χ2v) is 9.15.